The highest BCUT2D eigenvalue weighted by molar-refractivity contribution is 7.13. The van der Waals surface area contributed by atoms with Gasteiger partial charge < -0.3 is 5.11 Å². The summed E-state index contributed by atoms with van der Waals surface area (Å²) < 4.78 is 31.7. The number of hydrogen-bond donors (Lipinski definition) is 1. The van der Waals surface area contributed by atoms with Crippen molar-refractivity contribution in [2.45, 2.75) is 13.1 Å². The van der Waals surface area contributed by atoms with Crippen LogP contribution < -0.4 is 0 Å². The number of thiophene rings is 1. The predicted molar refractivity (Wildman–Crippen MR) is 48.1 cm³/mol. The molecule has 1 aromatic heterocycles. The van der Waals surface area contributed by atoms with E-state index < -0.39 is 12.1 Å². The van der Waals surface area contributed by atoms with Crippen LogP contribution in [0.15, 0.2) is 12.1 Å². The molecule has 3 nitrogen and oxygen atoms in total. The first-order valence-electron chi connectivity index (χ1n) is 3.59. The summed E-state index contributed by atoms with van der Waals surface area (Å²) in [5, 5.41) is 7.12. The number of carboxylic acids is 1. The first-order valence-corrected chi connectivity index (χ1v) is 4.40. The number of aldehydes is 1. The largest absolute Gasteiger partial charge is 0.490 e. The second kappa shape index (κ2) is 5.50. The van der Waals surface area contributed by atoms with Crippen LogP contribution in [0.5, 0.6) is 0 Å². The van der Waals surface area contributed by atoms with Gasteiger partial charge in [-0.15, -0.1) is 11.3 Å². The third kappa shape index (κ3) is 5.84. The van der Waals surface area contributed by atoms with Gasteiger partial charge in [0.25, 0.3) is 0 Å². The normalized spacial score (nSPS) is 10.1. The molecule has 0 atom stereocenters. The van der Waals surface area contributed by atoms with Gasteiger partial charge in [0.1, 0.15) is 0 Å². The van der Waals surface area contributed by atoms with Crippen molar-refractivity contribution in [3.63, 3.8) is 0 Å². The van der Waals surface area contributed by atoms with Crippen LogP contribution in [0, 0.1) is 6.92 Å². The third-order valence-corrected chi connectivity index (χ3v) is 2.05. The van der Waals surface area contributed by atoms with Crippen molar-refractivity contribution in [1.29, 1.82) is 0 Å². The molecule has 0 amide bonds. The Bertz CT molecular complexity index is 343. The predicted octanol–water partition coefficient (Wildman–Crippen LogP) is 2.50. The molecule has 7 heteroatoms. The molecule has 0 aliphatic carbocycles. The maximum atomic E-state index is 10.6. The third-order valence-electron chi connectivity index (χ3n) is 1.12. The van der Waals surface area contributed by atoms with Crippen LogP contribution in [0.2, 0.25) is 0 Å². The average molecular weight is 240 g/mol. The monoisotopic (exact) mass is 240 g/mol. The number of alkyl halides is 3. The van der Waals surface area contributed by atoms with Crippen molar-refractivity contribution in [2.75, 3.05) is 0 Å². The van der Waals surface area contributed by atoms with E-state index in [-0.39, 0.29) is 0 Å². The molecule has 0 fully saturated rings. The molecule has 0 bridgehead atoms. The summed E-state index contributed by atoms with van der Waals surface area (Å²) in [6.07, 6.45) is -4.21. The molecule has 1 heterocycles. The minimum Gasteiger partial charge on any atom is -0.475 e. The fourth-order valence-corrected chi connectivity index (χ4v) is 1.21. The molecule has 15 heavy (non-hydrogen) atoms. The van der Waals surface area contributed by atoms with E-state index in [0.717, 1.165) is 11.2 Å². The van der Waals surface area contributed by atoms with Gasteiger partial charge in [-0.1, -0.05) is 0 Å². The van der Waals surface area contributed by atoms with Crippen molar-refractivity contribution in [3.8, 4) is 0 Å². The minimum atomic E-state index is -5.08. The molecule has 1 rings (SSSR count). The molecular weight excluding hydrogens is 233 g/mol. The standard InChI is InChI=1S/C6H6OS.C2HF3O2/c1-5-2-3-6(4-7)8-5;3-2(4,5)1(6)7/h2-4H,1H3;(H,6,7). The van der Waals surface area contributed by atoms with Crippen LogP contribution in [0.1, 0.15) is 14.5 Å². The minimum absolute atomic E-state index is 0.808. The smallest absolute Gasteiger partial charge is 0.475 e. The summed E-state index contributed by atoms with van der Waals surface area (Å²) in [5.41, 5.74) is 0. The molecule has 1 aromatic rings. The Hall–Kier alpha value is -1.37. The van der Waals surface area contributed by atoms with Gasteiger partial charge in [0.2, 0.25) is 0 Å². The molecule has 0 saturated heterocycles. The number of rotatable bonds is 1. The number of aryl methyl sites for hydroxylation is 1. The molecule has 0 aromatic carbocycles. The first-order chi connectivity index (χ1) is 6.77. The number of hydrogen-bond acceptors (Lipinski definition) is 3. The SMILES string of the molecule is Cc1ccc(C=O)s1.O=C(O)C(F)(F)F. The summed E-state index contributed by atoms with van der Waals surface area (Å²) in [4.78, 5) is 20.9. The summed E-state index contributed by atoms with van der Waals surface area (Å²) in [6.45, 7) is 1.98. The molecule has 0 radical (unpaired) electrons. The Morgan fingerprint density at radius 1 is 1.47 bits per heavy atom. The van der Waals surface area contributed by atoms with Gasteiger partial charge in [0, 0.05) is 4.88 Å². The van der Waals surface area contributed by atoms with Gasteiger partial charge in [0.05, 0.1) is 4.88 Å². The van der Waals surface area contributed by atoms with Crippen LogP contribution in [-0.4, -0.2) is 23.5 Å². The van der Waals surface area contributed by atoms with E-state index in [0.29, 0.717) is 0 Å². The van der Waals surface area contributed by atoms with Crippen LogP contribution in [0.3, 0.4) is 0 Å². The Morgan fingerprint density at radius 3 is 2.07 bits per heavy atom. The van der Waals surface area contributed by atoms with E-state index >= 15 is 0 Å². The maximum Gasteiger partial charge on any atom is 0.490 e. The van der Waals surface area contributed by atoms with Crippen molar-refractivity contribution >= 4 is 23.6 Å². The Labute approximate surface area is 87.2 Å². The highest BCUT2D eigenvalue weighted by Crippen LogP contribution is 2.13. The maximum absolute atomic E-state index is 10.6. The number of carbonyl (C=O) groups is 2. The Morgan fingerprint density at radius 2 is 1.93 bits per heavy atom. The van der Waals surface area contributed by atoms with E-state index in [4.69, 9.17) is 9.90 Å². The van der Waals surface area contributed by atoms with E-state index in [9.17, 15) is 18.0 Å². The quantitative estimate of drug-likeness (QED) is 0.767. The first kappa shape index (κ1) is 13.6. The molecule has 0 unspecified atom stereocenters. The van der Waals surface area contributed by atoms with Crippen molar-refractivity contribution in [3.05, 3.63) is 21.9 Å². The number of carbonyl (C=O) groups excluding carboxylic acids is 1. The van der Waals surface area contributed by atoms with Crippen LogP contribution >= 0.6 is 11.3 Å². The van der Waals surface area contributed by atoms with E-state index in [1.807, 2.05) is 19.1 Å². The lowest BCUT2D eigenvalue weighted by Gasteiger charge is -1.93. The van der Waals surface area contributed by atoms with Gasteiger partial charge in [-0.25, -0.2) is 4.79 Å². The highest BCUT2D eigenvalue weighted by atomic mass is 32.1. The fraction of sp³-hybridized carbons (Fsp3) is 0.250. The second-order valence-corrected chi connectivity index (χ2v) is 3.69. The zero-order chi connectivity index (χ0) is 12.1. The summed E-state index contributed by atoms with van der Waals surface area (Å²) in [6, 6.07) is 3.77. The number of halogens is 3. The van der Waals surface area contributed by atoms with Crippen LogP contribution in [-0.2, 0) is 4.79 Å². The lowest BCUT2D eigenvalue weighted by atomic mass is 10.5. The number of carboxylic acid groups (broad SMARTS) is 1. The fourth-order valence-electron chi connectivity index (χ4n) is 0.517. The molecule has 84 valence electrons. The molecule has 1 N–H and O–H groups in total. The molecular formula is C8H7F3O3S. The molecule has 0 spiro atoms. The molecule has 0 aliphatic rings. The lowest BCUT2D eigenvalue weighted by molar-refractivity contribution is -0.192. The molecule has 0 saturated carbocycles. The van der Waals surface area contributed by atoms with E-state index in [1.54, 1.807) is 0 Å². The second-order valence-electron chi connectivity index (χ2n) is 2.37. The van der Waals surface area contributed by atoms with E-state index in [2.05, 4.69) is 0 Å². The average Bonchev–Trinajstić information content (AvgIpc) is 2.50. The lowest BCUT2D eigenvalue weighted by Crippen LogP contribution is -2.21. The zero-order valence-electron chi connectivity index (χ0n) is 7.54. The van der Waals surface area contributed by atoms with Gasteiger partial charge in [0.15, 0.2) is 6.29 Å². The van der Waals surface area contributed by atoms with Crippen LogP contribution in [0.25, 0.3) is 0 Å². The van der Waals surface area contributed by atoms with Crippen molar-refractivity contribution < 1.29 is 27.9 Å². The Kier molecular flexibility index (Phi) is 4.99. The summed E-state index contributed by atoms with van der Waals surface area (Å²) >= 11 is 1.52. The van der Waals surface area contributed by atoms with Gasteiger partial charge >= 0.3 is 12.1 Å². The van der Waals surface area contributed by atoms with Crippen molar-refractivity contribution in [2.24, 2.45) is 0 Å². The molecule has 0 aliphatic heterocycles. The van der Waals surface area contributed by atoms with Crippen LogP contribution in [0.4, 0.5) is 13.2 Å². The van der Waals surface area contributed by atoms with Gasteiger partial charge in [-0.05, 0) is 19.1 Å². The number of aliphatic carboxylic acids is 1. The zero-order valence-corrected chi connectivity index (χ0v) is 8.35. The van der Waals surface area contributed by atoms with E-state index in [1.165, 1.54) is 16.2 Å². The summed E-state index contributed by atoms with van der Waals surface area (Å²) in [5.74, 6) is -2.76. The van der Waals surface area contributed by atoms with Gasteiger partial charge in [-0.2, -0.15) is 13.2 Å². The Balaban J connectivity index is 0.000000265. The highest BCUT2D eigenvalue weighted by Gasteiger charge is 2.38. The van der Waals surface area contributed by atoms with Crippen molar-refractivity contribution in [1.82, 2.24) is 0 Å². The summed E-state index contributed by atoms with van der Waals surface area (Å²) in [7, 11) is 0. The van der Waals surface area contributed by atoms with Gasteiger partial charge in [-0.3, -0.25) is 4.79 Å². The topological polar surface area (TPSA) is 54.4 Å².